The van der Waals surface area contributed by atoms with E-state index in [-0.39, 0.29) is 11.8 Å². The van der Waals surface area contributed by atoms with Crippen LogP contribution in [0.2, 0.25) is 5.02 Å². The zero-order valence-corrected chi connectivity index (χ0v) is 13.9. The van der Waals surface area contributed by atoms with E-state index in [0.29, 0.717) is 22.6 Å². The van der Waals surface area contributed by atoms with Crippen LogP contribution >= 0.6 is 11.6 Å². The highest BCUT2D eigenvalue weighted by Gasteiger charge is 2.27. The first-order valence-electron chi connectivity index (χ1n) is 7.38. The molecule has 0 spiro atoms. The quantitative estimate of drug-likeness (QED) is 0.860. The van der Waals surface area contributed by atoms with E-state index in [0.717, 1.165) is 25.9 Å². The van der Waals surface area contributed by atoms with Crippen molar-refractivity contribution in [1.29, 1.82) is 0 Å². The first-order valence-corrected chi connectivity index (χ1v) is 7.76. The van der Waals surface area contributed by atoms with E-state index in [1.165, 1.54) is 6.20 Å². The summed E-state index contributed by atoms with van der Waals surface area (Å²) in [6, 6.07) is 0.543. The molecule has 1 amide bonds. The molecule has 0 aliphatic carbocycles. The Morgan fingerprint density at radius 1 is 1.38 bits per heavy atom. The highest BCUT2D eigenvalue weighted by atomic mass is 35.5. The summed E-state index contributed by atoms with van der Waals surface area (Å²) in [5, 5.41) is 0.333. The average Bonchev–Trinajstić information content (AvgIpc) is 2.47. The van der Waals surface area contributed by atoms with Crippen molar-refractivity contribution in [3.05, 3.63) is 22.7 Å². The van der Waals surface area contributed by atoms with Crippen molar-refractivity contribution in [3.8, 4) is 0 Å². The zero-order valence-electron chi connectivity index (χ0n) is 13.1. The average molecular weight is 311 g/mol. The minimum Gasteiger partial charge on any atom is -0.337 e. The van der Waals surface area contributed by atoms with Gasteiger partial charge in [-0.1, -0.05) is 25.4 Å². The molecule has 0 N–H and O–H groups in total. The van der Waals surface area contributed by atoms with Gasteiger partial charge in [-0.05, 0) is 26.9 Å². The lowest BCUT2D eigenvalue weighted by Crippen LogP contribution is -2.44. The lowest BCUT2D eigenvalue weighted by Gasteiger charge is -2.35. The van der Waals surface area contributed by atoms with Crippen molar-refractivity contribution >= 4 is 17.5 Å². The van der Waals surface area contributed by atoms with E-state index in [4.69, 9.17) is 11.6 Å². The summed E-state index contributed by atoms with van der Waals surface area (Å²) in [5.74, 6) is 0.751. The topological polar surface area (TPSA) is 49.3 Å². The molecule has 1 aliphatic heterocycles. The highest BCUT2D eigenvalue weighted by molar-refractivity contribution is 6.33. The van der Waals surface area contributed by atoms with Crippen molar-refractivity contribution in [2.24, 2.45) is 0 Å². The van der Waals surface area contributed by atoms with Crippen LogP contribution in [0.15, 0.2) is 6.20 Å². The Morgan fingerprint density at radius 3 is 2.52 bits per heavy atom. The van der Waals surface area contributed by atoms with Crippen LogP contribution in [0.4, 0.5) is 0 Å². The molecular weight excluding hydrogens is 288 g/mol. The van der Waals surface area contributed by atoms with Gasteiger partial charge in [0.15, 0.2) is 5.69 Å². The van der Waals surface area contributed by atoms with Crippen molar-refractivity contribution < 1.29 is 4.79 Å². The maximum atomic E-state index is 12.6. The van der Waals surface area contributed by atoms with Gasteiger partial charge in [0, 0.05) is 25.0 Å². The molecule has 5 nitrogen and oxygen atoms in total. The van der Waals surface area contributed by atoms with Gasteiger partial charge in [-0.3, -0.25) is 4.79 Å². The number of nitrogens with zero attached hydrogens (tertiary/aromatic N) is 4. The van der Waals surface area contributed by atoms with Crippen molar-refractivity contribution in [2.45, 2.75) is 38.6 Å². The van der Waals surface area contributed by atoms with E-state index in [2.05, 4.69) is 29.0 Å². The van der Waals surface area contributed by atoms with Crippen LogP contribution in [-0.2, 0) is 0 Å². The largest absolute Gasteiger partial charge is 0.337 e. The van der Waals surface area contributed by atoms with E-state index in [1.54, 1.807) is 0 Å². The van der Waals surface area contributed by atoms with Gasteiger partial charge in [0.25, 0.3) is 5.91 Å². The Balaban J connectivity index is 2.12. The molecule has 0 unspecified atom stereocenters. The standard InChI is InChI=1S/C15H23ClN4O/c1-10(2)14-17-9-12(16)13(18-14)15(21)20-7-5-11(6-8-20)19(3)4/h9-11H,5-8H2,1-4H3. The second kappa shape index (κ2) is 6.71. The van der Waals surface area contributed by atoms with Crippen LogP contribution < -0.4 is 0 Å². The summed E-state index contributed by atoms with van der Waals surface area (Å²) in [6.45, 7) is 5.50. The Kier molecular flexibility index (Phi) is 5.17. The normalized spacial score (nSPS) is 16.8. The van der Waals surface area contributed by atoms with Crippen LogP contribution in [-0.4, -0.2) is 58.9 Å². The van der Waals surface area contributed by atoms with Crippen molar-refractivity contribution in [2.75, 3.05) is 27.2 Å². The third-order valence-electron chi connectivity index (χ3n) is 3.96. The number of carbonyl (C=O) groups is 1. The van der Waals surface area contributed by atoms with Crippen molar-refractivity contribution in [1.82, 2.24) is 19.8 Å². The van der Waals surface area contributed by atoms with Gasteiger partial charge in [0.1, 0.15) is 5.82 Å². The Morgan fingerprint density at radius 2 is 2.00 bits per heavy atom. The number of rotatable bonds is 3. The van der Waals surface area contributed by atoms with Gasteiger partial charge >= 0.3 is 0 Å². The molecule has 1 fully saturated rings. The number of hydrogen-bond acceptors (Lipinski definition) is 4. The van der Waals surface area contributed by atoms with Gasteiger partial charge in [0.2, 0.25) is 0 Å². The summed E-state index contributed by atoms with van der Waals surface area (Å²) < 4.78 is 0. The minimum absolute atomic E-state index is 0.0819. The van der Waals surface area contributed by atoms with Gasteiger partial charge in [-0.25, -0.2) is 9.97 Å². The molecule has 0 aromatic carbocycles. The highest BCUT2D eigenvalue weighted by Crippen LogP contribution is 2.21. The summed E-state index contributed by atoms with van der Waals surface area (Å²) in [6.07, 6.45) is 3.50. The number of likely N-dealkylation sites (tertiary alicyclic amines) is 1. The number of hydrogen-bond donors (Lipinski definition) is 0. The van der Waals surface area contributed by atoms with E-state index < -0.39 is 0 Å². The molecule has 1 aromatic rings. The Hall–Kier alpha value is -1.20. The van der Waals surface area contributed by atoms with Gasteiger partial charge < -0.3 is 9.80 Å². The second-order valence-electron chi connectivity index (χ2n) is 6.07. The summed E-state index contributed by atoms with van der Waals surface area (Å²) in [5.41, 5.74) is 0.332. The number of piperidine rings is 1. The molecule has 0 bridgehead atoms. The molecule has 0 saturated carbocycles. The van der Waals surface area contributed by atoms with Crippen LogP contribution in [0, 0.1) is 0 Å². The molecule has 1 aromatic heterocycles. The second-order valence-corrected chi connectivity index (χ2v) is 6.47. The fourth-order valence-electron chi connectivity index (χ4n) is 2.54. The summed E-state index contributed by atoms with van der Waals surface area (Å²) >= 11 is 6.11. The molecule has 0 atom stereocenters. The van der Waals surface area contributed by atoms with Crippen LogP contribution in [0.3, 0.4) is 0 Å². The third kappa shape index (κ3) is 3.71. The van der Waals surface area contributed by atoms with E-state index in [9.17, 15) is 4.79 Å². The smallest absolute Gasteiger partial charge is 0.274 e. The fourth-order valence-corrected chi connectivity index (χ4v) is 2.72. The monoisotopic (exact) mass is 310 g/mol. The fraction of sp³-hybridized carbons (Fsp3) is 0.667. The molecule has 2 rings (SSSR count). The van der Waals surface area contributed by atoms with Gasteiger partial charge in [-0.15, -0.1) is 0 Å². The molecule has 6 heteroatoms. The predicted molar refractivity (Wildman–Crippen MR) is 83.7 cm³/mol. The maximum absolute atomic E-state index is 12.6. The van der Waals surface area contributed by atoms with Crippen LogP contribution in [0.5, 0.6) is 0 Å². The van der Waals surface area contributed by atoms with Crippen LogP contribution in [0.1, 0.15) is 48.9 Å². The molecule has 21 heavy (non-hydrogen) atoms. The van der Waals surface area contributed by atoms with Crippen molar-refractivity contribution in [3.63, 3.8) is 0 Å². The number of amides is 1. The summed E-state index contributed by atoms with van der Waals surface area (Å²) in [4.78, 5) is 25.2. The Labute approximate surface area is 131 Å². The SMILES string of the molecule is CC(C)c1ncc(Cl)c(C(=O)N2CCC(N(C)C)CC2)n1. The lowest BCUT2D eigenvalue weighted by atomic mass is 10.0. The minimum atomic E-state index is -0.0819. The molecule has 0 radical (unpaired) electrons. The van der Waals surface area contributed by atoms with Gasteiger partial charge in [-0.2, -0.15) is 0 Å². The number of aromatic nitrogens is 2. The number of carbonyl (C=O) groups excluding carboxylic acids is 1. The molecule has 1 aliphatic rings. The summed E-state index contributed by atoms with van der Waals surface area (Å²) in [7, 11) is 4.16. The van der Waals surface area contributed by atoms with E-state index >= 15 is 0 Å². The molecule has 116 valence electrons. The zero-order chi connectivity index (χ0) is 15.6. The Bertz CT molecular complexity index is 510. The van der Waals surface area contributed by atoms with Gasteiger partial charge in [0.05, 0.1) is 11.2 Å². The number of halogens is 1. The van der Waals surface area contributed by atoms with E-state index in [1.807, 2.05) is 18.7 Å². The predicted octanol–water partition coefficient (Wildman–Crippen LogP) is 2.42. The first kappa shape index (κ1) is 16.2. The first-order chi connectivity index (χ1) is 9.90. The van der Waals surface area contributed by atoms with Crippen LogP contribution in [0.25, 0.3) is 0 Å². The molecular formula is C15H23ClN4O. The molecule has 1 saturated heterocycles. The third-order valence-corrected chi connectivity index (χ3v) is 4.24. The molecule has 2 heterocycles. The maximum Gasteiger partial charge on any atom is 0.274 e. The lowest BCUT2D eigenvalue weighted by molar-refractivity contribution is 0.0657.